The van der Waals surface area contributed by atoms with E-state index in [1.165, 1.54) is 14.2 Å². The summed E-state index contributed by atoms with van der Waals surface area (Å²) in [6.45, 7) is 8.60. The molecule has 14 heteroatoms. The van der Waals surface area contributed by atoms with Gasteiger partial charge < -0.3 is 34.9 Å². The molecule has 6 rings (SSSR count). The zero-order valence-electron chi connectivity index (χ0n) is 30.4. The number of methoxy groups -OCH3 is 1. The molecule has 0 radical (unpaired) electrons. The predicted molar refractivity (Wildman–Crippen MR) is 194 cm³/mol. The van der Waals surface area contributed by atoms with Crippen molar-refractivity contribution in [2.75, 3.05) is 27.2 Å². The summed E-state index contributed by atoms with van der Waals surface area (Å²) in [7, 11) is 2.72. The van der Waals surface area contributed by atoms with E-state index >= 15 is 0 Å². The van der Waals surface area contributed by atoms with Crippen molar-refractivity contribution in [3.63, 3.8) is 0 Å². The Morgan fingerprint density at radius 2 is 1.35 bits per heavy atom. The number of likely N-dealkylation sites (tertiary alicyclic amines) is 2. The van der Waals surface area contributed by atoms with Crippen LogP contribution in [-0.4, -0.2) is 103 Å². The summed E-state index contributed by atoms with van der Waals surface area (Å²) in [4.78, 5) is 71.9. The van der Waals surface area contributed by atoms with E-state index in [1.807, 2.05) is 64.1 Å². The number of fused-ring (bicyclic) bond motifs is 2. The maximum absolute atomic E-state index is 13.6. The highest BCUT2D eigenvalue weighted by molar-refractivity contribution is 5.87. The van der Waals surface area contributed by atoms with Gasteiger partial charge in [-0.15, -0.1) is 0 Å². The number of benzene rings is 2. The van der Waals surface area contributed by atoms with Crippen LogP contribution in [-0.2, 0) is 14.3 Å². The molecule has 4 atom stereocenters. The summed E-state index contributed by atoms with van der Waals surface area (Å²) in [5, 5.41) is 12.3. The van der Waals surface area contributed by atoms with Gasteiger partial charge in [0.2, 0.25) is 11.8 Å². The van der Waals surface area contributed by atoms with Crippen molar-refractivity contribution in [2.24, 2.45) is 11.8 Å². The third kappa shape index (κ3) is 7.26. The maximum Gasteiger partial charge on any atom is 0.407 e. The largest absolute Gasteiger partial charge is 0.465 e. The van der Waals surface area contributed by atoms with Gasteiger partial charge in [-0.25, -0.2) is 19.6 Å². The van der Waals surface area contributed by atoms with Gasteiger partial charge in [-0.3, -0.25) is 14.5 Å². The van der Waals surface area contributed by atoms with Crippen LogP contribution in [0.25, 0.3) is 22.1 Å². The Morgan fingerprint density at radius 3 is 1.79 bits per heavy atom. The van der Waals surface area contributed by atoms with Gasteiger partial charge >= 0.3 is 12.2 Å². The number of aromatic nitrogens is 4. The Balaban J connectivity index is 1.18. The summed E-state index contributed by atoms with van der Waals surface area (Å²) in [5.74, 6) is 7.17. The number of rotatable bonds is 8. The van der Waals surface area contributed by atoms with Crippen molar-refractivity contribution < 1.29 is 29.0 Å². The lowest BCUT2D eigenvalue weighted by Crippen LogP contribution is -2.51. The predicted octanol–water partition coefficient (Wildman–Crippen LogP) is 5.18. The third-order valence-electron chi connectivity index (χ3n) is 10.1. The molecule has 4 aromatic rings. The molecule has 0 aliphatic carbocycles. The zero-order valence-corrected chi connectivity index (χ0v) is 30.4. The smallest absolute Gasteiger partial charge is 0.407 e. The lowest BCUT2D eigenvalue weighted by Gasteiger charge is -2.33. The normalized spacial score (nSPS) is 18.5. The van der Waals surface area contributed by atoms with Gasteiger partial charge in [-0.05, 0) is 73.9 Å². The Morgan fingerprint density at radius 1 is 0.846 bits per heavy atom. The molecular weight excluding hydrogens is 664 g/mol. The van der Waals surface area contributed by atoms with E-state index in [0.717, 1.165) is 63.8 Å². The van der Waals surface area contributed by atoms with Gasteiger partial charge in [-0.2, -0.15) is 0 Å². The second kappa shape index (κ2) is 15.0. The molecule has 0 saturated carbocycles. The molecule has 0 bridgehead atoms. The number of alkyl carbamates (subject to hydrolysis) is 1. The molecule has 2 aliphatic heterocycles. The number of carbonyl (C=O) groups is 4. The second-order valence-corrected chi connectivity index (χ2v) is 14.3. The highest BCUT2D eigenvalue weighted by atomic mass is 16.5. The lowest BCUT2D eigenvalue weighted by atomic mass is 10.0. The molecule has 1 unspecified atom stereocenters. The molecule has 4 amide bonds. The average Bonchev–Trinajstić information content (AvgIpc) is 3.93. The van der Waals surface area contributed by atoms with Crippen molar-refractivity contribution in [3.8, 4) is 11.8 Å². The SMILES string of the molecule is COC(=O)N[C@H](C(=O)N1CCCC1c1nc2cc(C#Cc3ccc4[nH]c([C@@H]5CCCN5C(=O)[C@H](C(C)C)N(C)C(=O)O)nc4c3)ccc2[nH]1)C(C)C. The number of nitrogens with one attached hydrogen (secondary N) is 3. The minimum Gasteiger partial charge on any atom is -0.465 e. The van der Waals surface area contributed by atoms with Crippen molar-refractivity contribution in [2.45, 2.75) is 77.5 Å². The van der Waals surface area contributed by atoms with Gasteiger partial charge in [0.25, 0.3) is 0 Å². The van der Waals surface area contributed by atoms with Crippen molar-refractivity contribution in [1.82, 2.24) is 40.0 Å². The van der Waals surface area contributed by atoms with E-state index < -0.39 is 24.3 Å². The highest BCUT2D eigenvalue weighted by Gasteiger charge is 2.40. The molecule has 2 saturated heterocycles. The van der Waals surface area contributed by atoms with E-state index in [-0.39, 0.29) is 35.7 Å². The molecule has 2 aromatic carbocycles. The molecule has 14 nitrogen and oxygen atoms in total. The molecule has 2 aromatic heterocycles. The fourth-order valence-corrected chi connectivity index (χ4v) is 7.36. The van der Waals surface area contributed by atoms with Crippen LogP contribution in [0.5, 0.6) is 0 Å². The molecule has 0 spiro atoms. The topological polar surface area (TPSA) is 177 Å². The third-order valence-corrected chi connectivity index (χ3v) is 10.1. The maximum atomic E-state index is 13.6. The first-order valence-corrected chi connectivity index (χ1v) is 17.8. The molecule has 274 valence electrons. The minimum atomic E-state index is -1.13. The molecule has 4 heterocycles. The highest BCUT2D eigenvalue weighted by Crippen LogP contribution is 2.34. The quantitative estimate of drug-likeness (QED) is 0.181. The number of ether oxygens (including phenoxy) is 1. The Kier molecular flexibility index (Phi) is 10.4. The van der Waals surface area contributed by atoms with E-state index in [2.05, 4.69) is 27.1 Å². The summed E-state index contributed by atoms with van der Waals surface area (Å²) in [5.41, 5.74) is 4.69. The summed E-state index contributed by atoms with van der Waals surface area (Å²) >= 11 is 0. The fourth-order valence-electron chi connectivity index (χ4n) is 7.36. The van der Waals surface area contributed by atoms with E-state index in [4.69, 9.17) is 14.7 Å². The number of likely N-dealkylation sites (N-methyl/N-ethyl adjacent to an activating group) is 1. The molecular formula is C38H46N8O6. The van der Waals surface area contributed by atoms with E-state index in [9.17, 15) is 24.3 Å². The number of carbonyl (C=O) groups excluding carboxylic acids is 3. The van der Waals surface area contributed by atoms with E-state index in [1.54, 1.807) is 9.80 Å². The van der Waals surface area contributed by atoms with Crippen LogP contribution in [0.15, 0.2) is 36.4 Å². The van der Waals surface area contributed by atoms with Gasteiger partial charge in [0, 0.05) is 31.3 Å². The van der Waals surface area contributed by atoms with Gasteiger partial charge in [0.15, 0.2) is 0 Å². The van der Waals surface area contributed by atoms with Crippen LogP contribution < -0.4 is 5.32 Å². The number of hydrogen-bond donors (Lipinski definition) is 4. The van der Waals surface area contributed by atoms with Crippen LogP contribution in [0.2, 0.25) is 0 Å². The van der Waals surface area contributed by atoms with E-state index in [0.29, 0.717) is 24.7 Å². The molecule has 2 aliphatic rings. The first-order valence-electron chi connectivity index (χ1n) is 17.8. The Hall–Kier alpha value is -5.58. The van der Waals surface area contributed by atoms with Gasteiger partial charge in [0.05, 0.1) is 41.3 Å². The second-order valence-electron chi connectivity index (χ2n) is 14.3. The Bertz CT molecular complexity index is 2060. The van der Waals surface area contributed by atoms with Crippen LogP contribution >= 0.6 is 0 Å². The Labute approximate surface area is 302 Å². The molecule has 2 fully saturated rings. The van der Waals surface area contributed by atoms with Crippen molar-refractivity contribution in [1.29, 1.82) is 0 Å². The fraction of sp³-hybridized carbons (Fsp3) is 0.474. The van der Waals surface area contributed by atoms with Crippen molar-refractivity contribution >= 4 is 46.1 Å². The number of H-pyrrole nitrogens is 2. The number of amides is 4. The van der Waals surface area contributed by atoms with Crippen LogP contribution in [0.1, 0.15) is 88.2 Å². The number of aromatic amines is 2. The number of nitrogens with zero attached hydrogens (tertiary/aromatic N) is 5. The van der Waals surface area contributed by atoms with Crippen LogP contribution in [0, 0.1) is 23.7 Å². The first kappa shape index (κ1) is 36.2. The number of carboxylic acid groups (broad SMARTS) is 1. The van der Waals surface area contributed by atoms with Crippen LogP contribution in [0.4, 0.5) is 9.59 Å². The summed E-state index contributed by atoms with van der Waals surface area (Å²) in [6.07, 6.45) is 1.35. The van der Waals surface area contributed by atoms with Crippen molar-refractivity contribution in [3.05, 3.63) is 59.2 Å². The lowest BCUT2D eigenvalue weighted by molar-refractivity contribution is -0.138. The average molecular weight is 711 g/mol. The van der Waals surface area contributed by atoms with Gasteiger partial charge in [-0.1, -0.05) is 39.5 Å². The standard InChI is InChI=1S/C38H46N8O6/c1-21(2)31(43-37(49)52-6)35(47)45-17-7-9-29(45)33-39-25-15-13-23(19-27(25)41-33)11-12-24-14-16-26-28(20-24)42-34(40-26)30-10-8-18-46(30)36(48)32(22(3)4)44(5)38(50)51/h13-16,19-22,29-32H,7-10,17-18H2,1-6H3,(H,39,41)(H,40,42)(H,43,49)(H,50,51)/t29?,30-,31-,32-/m0/s1. The van der Waals surface area contributed by atoms with Gasteiger partial charge in [0.1, 0.15) is 23.7 Å². The zero-order chi connectivity index (χ0) is 37.3. The monoisotopic (exact) mass is 710 g/mol. The molecule has 4 N–H and O–H groups in total. The number of imidazole rings is 2. The number of hydrogen-bond acceptors (Lipinski definition) is 7. The summed E-state index contributed by atoms with van der Waals surface area (Å²) in [6, 6.07) is 9.54. The first-order chi connectivity index (χ1) is 24.9. The minimum absolute atomic E-state index is 0.120. The molecule has 52 heavy (non-hydrogen) atoms. The van der Waals surface area contributed by atoms with Crippen LogP contribution in [0.3, 0.4) is 0 Å². The summed E-state index contributed by atoms with van der Waals surface area (Å²) < 4.78 is 4.75.